The van der Waals surface area contributed by atoms with Crippen molar-refractivity contribution in [2.45, 2.75) is 31.7 Å². The Morgan fingerprint density at radius 2 is 2.27 bits per heavy atom. The zero-order valence-corrected chi connectivity index (χ0v) is 8.34. The van der Waals surface area contributed by atoms with Gasteiger partial charge < -0.3 is 14.2 Å². The van der Waals surface area contributed by atoms with Gasteiger partial charge in [0.05, 0.1) is 6.42 Å². The van der Waals surface area contributed by atoms with Crippen LogP contribution in [0, 0.1) is 0 Å². The van der Waals surface area contributed by atoms with Crippen LogP contribution in [0.15, 0.2) is 12.2 Å². The van der Waals surface area contributed by atoms with Gasteiger partial charge in [0, 0.05) is 0 Å². The minimum Gasteiger partial charge on any atom is -0.456 e. The summed E-state index contributed by atoms with van der Waals surface area (Å²) in [7, 11) is 0. The molecule has 2 fully saturated rings. The molecule has 0 aromatic heterocycles. The van der Waals surface area contributed by atoms with E-state index in [4.69, 9.17) is 14.2 Å². The number of allylic oxidation sites excluding steroid dienone is 1. The van der Waals surface area contributed by atoms with Gasteiger partial charge in [-0.3, -0.25) is 9.59 Å². The summed E-state index contributed by atoms with van der Waals surface area (Å²) in [5.74, 6) is -0.345. The molecule has 2 aliphatic heterocycles. The monoisotopic (exact) mass is 212 g/mol. The molecule has 2 aliphatic rings. The van der Waals surface area contributed by atoms with Crippen LogP contribution in [0.2, 0.25) is 0 Å². The Morgan fingerprint density at radius 3 is 3.00 bits per heavy atom. The van der Waals surface area contributed by atoms with E-state index >= 15 is 0 Å². The Kier molecular flexibility index (Phi) is 2.83. The van der Waals surface area contributed by atoms with E-state index in [9.17, 15) is 9.59 Å². The van der Waals surface area contributed by atoms with Crippen molar-refractivity contribution in [1.82, 2.24) is 0 Å². The summed E-state index contributed by atoms with van der Waals surface area (Å²) >= 11 is 0. The van der Waals surface area contributed by atoms with Gasteiger partial charge in [0.2, 0.25) is 0 Å². The molecule has 0 radical (unpaired) electrons. The Labute approximate surface area is 87.0 Å². The number of ketones is 1. The van der Waals surface area contributed by atoms with Crippen LogP contribution in [0.1, 0.15) is 13.3 Å². The van der Waals surface area contributed by atoms with Gasteiger partial charge in [0.1, 0.15) is 19.0 Å². The van der Waals surface area contributed by atoms with Crippen LogP contribution in [0.25, 0.3) is 0 Å². The Balaban J connectivity index is 2.05. The number of fused-ring (bicyclic) bond motifs is 1. The van der Waals surface area contributed by atoms with Gasteiger partial charge in [-0.2, -0.15) is 0 Å². The third-order valence-corrected chi connectivity index (χ3v) is 2.39. The molecule has 2 rings (SSSR count). The van der Waals surface area contributed by atoms with Crippen LogP contribution >= 0.6 is 0 Å². The zero-order valence-electron chi connectivity index (χ0n) is 8.34. The lowest BCUT2D eigenvalue weighted by Gasteiger charge is -2.29. The first kappa shape index (κ1) is 10.3. The topological polar surface area (TPSA) is 61.8 Å². The maximum absolute atomic E-state index is 11.0. The van der Waals surface area contributed by atoms with E-state index in [0.29, 0.717) is 0 Å². The van der Waals surface area contributed by atoms with E-state index in [0.717, 1.165) is 0 Å². The molecule has 0 N–H and O–H groups in total. The summed E-state index contributed by atoms with van der Waals surface area (Å²) in [6.45, 7) is 1.58. The molecule has 5 heteroatoms. The average molecular weight is 212 g/mol. The second-order valence-corrected chi connectivity index (χ2v) is 3.58. The fourth-order valence-corrected chi connectivity index (χ4v) is 1.68. The van der Waals surface area contributed by atoms with Crippen LogP contribution in [0.4, 0.5) is 0 Å². The fraction of sp³-hybridized carbons (Fsp3) is 0.600. The van der Waals surface area contributed by atoms with E-state index in [1.807, 2.05) is 0 Å². The third kappa shape index (κ3) is 2.24. The fourth-order valence-electron chi connectivity index (χ4n) is 1.68. The van der Waals surface area contributed by atoms with Crippen LogP contribution < -0.4 is 0 Å². The van der Waals surface area contributed by atoms with Crippen molar-refractivity contribution in [3.63, 3.8) is 0 Å². The number of rotatable bonds is 2. The zero-order chi connectivity index (χ0) is 10.8. The molecule has 0 aromatic rings. The SMILES string of the molecule is CC(=O)/C=C/[C@@H]1OCO[C@@H]2CC(=O)O[C@H]12. The summed E-state index contributed by atoms with van der Waals surface area (Å²) in [5, 5.41) is 0. The predicted octanol–water partition coefficient (Wildman–Crippen LogP) is 0.189. The summed E-state index contributed by atoms with van der Waals surface area (Å²) in [4.78, 5) is 21.8. The minimum absolute atomic E-state index is 0.0639. The van der Waals surface area contributed by atoms with Crippen LogP contribution in [0.3, 0.4) is 0 Å². The highest BCUT2D eigenvalue weighted by molar-refractivity contribution is 5.87. The Bertz CT molecular complexity index is 309. The van der Waals surface area contributed by atoms with Crippen molar-refractivity contribution in [3.8, 4) is 0 Å². The van der Waals surface area contributed by atoms with Gasteiger partial charge in [-0.1, -0.05) is 0 Å². The molecule has 0 unspecified atom stereocenters. The van der Waals surface area contributed by atoms with Crippen molar-refractivity contribution >= 4 is 11.8 Å². The summed E-state index contributed by atoms with van der Waals surface area (Å²) in [5.41, 5.74) is 0. The van der Waals surface area contributed by atoms with E-state index in [1.54, 1.807) is 6.08 Å². The smallest absolute Gasteiger partial charge is 0.309 e. The lowest BCUT2D eigenvalue weighted by molar-refractivity contribution is -0.202. The first-order valence-corrected chi connectivity index (χ1v) is 4.78. The standard InChI is InChI=1S/C10H12O5/c1-6(11)2-3-7-10-8(14-5-13-7)4-9(12)15-10/h2-3,7-8,10H,4-5H2,1H3/b3-2+/t7-,8+,10+/m0/s1. The normalized spacial score (nSPS) is 35.3. The van der Waals surface area contributed by atoms with Gasteiger partial charge in [-0.15, -0.1) is 0 Å². The van der Waals surface area contributed by atoms with Crippen molar-refractivity contribution in [2.24, 2.45) is 0 Å². The molecule has 82 valence electrons. The van der Waals surface area contributed by atoms with Crippen molar-refractivity contribution < 1.29 is 23.8 Å². The van der Waals surface area contributed by atoms with Gasteiger partial charge >= 0.3 is 5.97 Å². The van der Waals surface area contributed by atoms with Gasteiger partial charge in [-0.05, 0) is 19.1 Å². The Hall–Kier alpha value is -1.20. The second-order valence-electron chi connectivity index (χ2n) is 3.58. The van der Waals surface area contributed by atoms with Crippen LogP contribution in [0.5, 0.6) is 0 Å². The van der Waals surface area contributed by atoms with Gasteiger partial charge in [-0.25, -0.2) is 0 Å². The molecule has 0 amide bonds. The average Bonchev–Trinajstić information content (AvgIpc) is 2.55. The molecule has 2 heterocycles. The number of esters is 1. The van der Waals surface area contributed by atoms with E-state index < -0.39 is 6.10 Å². The molecular weight excluding hydrogens is 200 g/mol. The first-order chi connectivity index (χ1) is 7.16. The lowest BCUT2D eigenvalue weighted by atomic mass is 10.1. The highest BCUT2D eigenvalue weighted by atomic mass is 16.7. The molecule has 0 spiro atoms. The maximum Gasteiger partial charge on any atom is 0.309 e. The molecule has 0 aliphatic carbocycles. The molecule has 5 nitrogen and oxygen atoms in total. The highest BCUT2D eigenvalue weighted by Gasteiger charge is 2.43. The number of carbonyl (C=O) groups is 2. The Morgan fingerprint density at radius 1 is 1.47 bits per heavy atom. The summed E-state index contributed by atoms with van der Waals surface area (Å²) < 4.78 is 15.5. The first-order valence-electron chi connectivity index (χ1n) is 4.78. The number of hydrogen-bond acceptors (Lipinski definition) is 5. The van der Waals surface area contributed by atoms with Gasteiger partial charge in [0.15, 0.2) is 11.9 Å². The molecule has 0 saturated carbocycles. The quantitative estimate of drug-likeness (QED) is 0.483. The predicted molar refractivity (Wildman–Crippen MR) is 48.9 cm³/mol. The molecule has 0 bridgehead atoms. The van der Waals surface area contributed by atoms with E-state index in [1.165, 1.54) is 13.0 Å². The molecule has 15 heavy (non-hydrogen) atoms. The number of carbonyl (C=O) groups excluding carboxylic acids is 2. The van der Waals surface area contributed by atoms with E-state index in [-0.39, 0.29) is 37.2 Å². The molecular formula is C10H12O5. The molecule has 3 atom stereocenters. The van der Waals surface area contributed by atoms with Crippen LogP contribution in [-0.2, 0) is 23.8 Å². The minimum atomic E-state index is -0.415. The number of ether oxygens (including phenoxy) is 3. The lowest BCUT2D eigenvalue weighted by Crippen LogP contribution is -2.42. The van der Waals surface area contributed by atoms with Gasteiger partial charge in [0.25, 0.3) is 0 Å². The third-order valence-electron chi connectivity index (χ3n) is 2.39. The van der Waals surface area contributed by atoms with Crippen molar-refractivity contribution in [3.05, 3.63) is 12.2 Å². The van der Waals surface area contributed by atoms with E-state index in [2.05, 4.69) is 0 Å². The van der Waals surface area contributed by atoms with Crippen molar-refractivity contribution in [2.75, 3.05) is 6.79 Å². The van der Waals surface area contributed by atoms with Crippen molar-refractivity contribution in [1.29, 1.82) is 0 Å². The highest BCUT2D eigenvalue weighted by Crippen LogP contribution is 2.27. The number of hydrogen-bond donors (Lipinski definition) is 0. The van der Waals surface area contributed by atoms with Crippen LogP contribution in [-0.4, -0.2) is 36.9 Å². The molecule has 0 aromatic carbocycles. The molecule has 2 saturated heterocycles. The summed E-state index contributed by atoms with van der Waals surface area (Å²) in [6.07, 6.45) is 2.26. The maximum atomic E-state index is 11.0. The largest absolute Gasteiger partial charge is 0.456 e. The summed E-state index contributed by atoms with van der Waals surface area (Å²) in [6, 6.07) is 0. The second kappa shape index (κ2) is 4.12.